The fourth-order valence-corrected chi connectivity index (χ4v) is 3.75. The third-order valence-electron chi connectivity index (χ3n) is 4.39. The molecule has 0 bridgehead atoms. The Kier molecular flexibility index (Phi) is 6.87. The molecule has 0 aliphatic heterocycles. The van der Waals surface area contributed by atoms with E-state index in [4.69, 9.17) is 10.4 Å². The zero-order valence-corrected chi connectivity index (χ0v) is 14.6. The van der Waals surface area contributed by atoms with Crippen molar-refractivity contribution in [2.75, 3.05) is 0 Å². The Labute approximate surface area is 128 Å². The Morgan fingerprint density at radius 3 is 2.30 bits per heavy atom. The topological polar surface area (TPSA) is 36.7 Å². The minimum atomic E-state index is 0.228. The van der Waals surface area contributed by atoms with Gasteiger partial charge in [-0.3, -0.25) is 0 Å². The van der Waals surface area contributed by atoms with Crippen molar-refractivity contribution < 1.29 is 0 Å². The van der Waals surface area contributed by atoms with Crippen molar-refractivity contribution in [1.82, 2.24) is 4.98 Å². The highest BCUT2D eigenvalue weighted by Gasteiger charge is 2.29. The first kappa shape index (κ1) is 17.4. The summed E-state index contributed by atoms with van der Waals surface area (Å²) in [6, 6.07) is 0. The van der Waals surface area contributed by atoms with Crippen LogP contribution in [0, 0.1) is 5.41 Å². The molecule has 0 amide bonds. The standard InChI is InChI=1S/C17H30N2S/c1-6-9-10-11-12-14-15(17(5,7-2)8-3)20-16(19-14)13(4)18/h18H,6-12H2,1-5H3. The Hall–Kier alpha value is -0.700. The molecule has 1 aromatic rings. The number of rotatable bonds is 9. The summed E-state index contributed by atoms with van der Waals surface area (Å²) in [6.45, 7) is 11.0. The number of nitrogens with zero attached hydrogens (tertiary/aromatic N) is 1. The average Bonchev–Trinajstić information content (AvgIpc) is 2.88. The average molecular weight is 295 g/mol. The van der Waals surface area contributed by atoms with Crippen LogP contribution >= 0.6 is 11.3 Å². The Balaban J connectivity index is 2.98. The summed E-state index contributed by atoms with van der Waals surface area (Å²) in [4.78, 5) is 6.19. The normalized spacial score (nSPS) is 11.8. The predicted octanol–water partition coefficient (Wildman–Crippen LogP) is 5.73. The summed E-state index contributed by atoms with van der Waals surface area (Å²) in [5.41, 5.74) is 2.09. The van der Waals surface area contributed by atoms with Crippen molar-refractivity contribution in [3.8, 4) is 0 Å². The highest BCUT2D eigenvalue weighted by atomic mass is 32.1. The Morgan fingerprint density at radius 2 is 1.80 bits per heavy atom. The maximum Gasteiger partial charge on any atom is 0.137 e. The second kappa shape index (κ2) is 7.92. The van der Waals surface area contributed by atoms with E-state index in [9.17, 15) is 0 Å². The number of nitrogens with one attached hydrogen (secondary N) is 1. The monoisotopic (exact) mass is 294 g/mol. The molecule has 0 fully saturated rings. The van der Waals surface area contributed by atoms with Crippen molar-refractivity contribution in [3.63, 3.8) is 0 Å². The maximum atomic E-state index is 7.85. The van der Waals surface area contributed by atoms with Crippen molar-refractivity contribution in [1.29, 1.82) is 5.41 Å². The Bertz CT molecular complexity index is 430. The first-order valence-electron chi connectivity index (χ1n) is 8.04. The molecule has 1 rings (SSSR count). The molecule has 20 heavy (non-hydrogen) atoms. The van der Waals surface area contributed by atoms with Crippen LogP contribution in [0.2, 0.25) is 0 Å². The van der Waals surface area contributed by atoms with Gasteiger partial charge in [0.1, 0.15) is 5.01 Å². The molecule has 1 N–H and O–H groups in total. The van der Waals surface area contributed by atoms with Crippen LogP contribution in [0.15, 0.2) is 0 Å². The lowest BCUT2D eigenvalue weighted by molar-refractivity contribution is 0.442. The summed E-state index contributed by atoms with van der Waals surface area (Å²) >= 11 is 1.75. The molecule has 0 aliphatic rings. The van der Waals surface area contributed by atoms with Crippen LogP contribution < -0.4 is 0 Å². The third kappa shape index (κ3) is 4.15. The lowest BCUT2D eigenvalue weighted by atomic mass is 9.82. The van der Waals surface area contributed by atoms with Gasteiger partial charge >= 0.3 is 0 Å². The van der Waals surface area contributed by atoms with E-state index >= 15 is 0 Å². The number of aromatic nitrogens is 1. The molecule has 0 aliphatic carbocycles. The first-order chi connectivity index (χ1) is 9.48. The van der Waals surface area contributed by atoms with Crippen molar-refractivity contribution in [2.24, 2.45) is 0 Å². The largest absolute Gasteiger partial charge is 0.302 e. The fourth-order valence-electron chi connectivity index (χ4n) is 2.44. The number of thiazole rings is 1. The van der Waals surface area contributed by atoms with Gasteiger partial charge in [-0.2, -0.15) is 0 Å². The molecule has 0 spiro atoms. The molecule has 3 heteroatoms. The SMILES string of the molecule is CCCCCCc1nc(C(C)=N)sc1C(C)(CC)CC. The van der Waals surface area contributed by atoms with Gasteiger partial charge < -0.3 is 5.41 Å². The van der Waals surface area contributed by atoms with Gasteiger partial charge in [0.2, 0.25) is 0 Å². The van der Waals surface area contributed by atoms with Gasteiger partial charge in [0, 0.05) is 10.3 Å². The van der Waals surface area contributed by atoms with Gasteiger partial charge in [-0.25, -0.2) is 4.98 Å². The van der Waals surface area contributed by atoms with Gasteiger partial charge in [-0.1, -0.05) is 47.0 Å². The molecular weight excluding hydrogens is 264 g/mol. The molecule has 0 unspecified atom stereocenters. The minimum Gasteiger partial charge on any atom is -0.302 e. The molecule has 0 aromatic carbocycles. The van der Waals surface area contributed by atoms with E-state index in [-0.39, 0.29) is 5.41 Å². The smallest absolute Gasteiger partial charge is 0.137 e. The number of hydrogen-bond acceptors (Lipinski definition) is 3. The van der Waals surface area contributed by atoms with Crippen molar-refractivity contribution in [2.45, 2.75) is 85.0 Å². The number of hydrogen-bond donors (Lipinski definition) is 1. The van der Waals surface area contributed by atoms with E-state index in [0.29, 0.717) is 5.71 Å². The molecule has 1 aromatic heterocycles. The zero-order chi connectivity index (χ0) is 15.2. The van der Waals surface area contributed by atoms with Crippen LogP contribution in [0.5, 0.6) is 0 Å². The van der Waals surface area contributed by atoms with Gasteiger partial charge in [-0.05, 0) is 32.6 Å². The number of aryl methyl sites for hydroxylation is 1. The van der Waals surface area contributed by atoms with Gasteiger partial charge in [-0.15, -0.1) is 11.3 Å². The van der Waals surface area contributed by atoms with Crippen LogP contribution in [-0.4, -0.2) is 10.7 Å². The summed E-state index contributed by atoms with van der Waals surface area (Å²) in [5.74, 6) is 0. The highest BCUT2D eigenvalue weighted by molar-refractivity contribution is 7.14. The van der Waals surface area contributed by atoms with Gasteiger partial charge in [0.15, 0.2) is 0 Å². The van der Waals surface area contributed by atoms with E-state index in [1.807, 2.05) is 6.92 Å². The second-order valence-corrected chi connectivity index (χ2v) is 7.00. The summed E-state index contributed by atoms with van der Waals surface area (Å²) < 4.78 is 0. The molecule has 0 radical (unpaired) electrons. The molecular formula is C17H30N2S. The van der Waals surface area contributed by atoms with E-state index in [1.54, 1.807) is 11.3 Å². The molecule has 114 valence electrons. The molecule has 2 nitrogen and oxygen atoms in total. The third-order valence-corrected chi connectivity index (χ3v) is 5.92. The van der Waals surface area contributed by atoms with Gasteiger partial charge in [0.05, 0.1) is 11.4 Å². The summed E-state index contributed by atoms with van der Waals surface area (Å²) in [5, 5.41) is 8.77. The van der Waals surface area contributed by atoms with E-state index in [0.717, 1.165) is 24.3 Å². The molecule has 0 atom stereocenters. The van der Waals surface area contributed by atoms with E-state index in [2.05, 4.69) is 27.7 Å². The van der Waals surface area contributed by atoms with Crippen molar-refractivity contribution >= 4 is 17.0 Å². The lowest BCUT2D eigenvalue weighted by Gasteiger charge is -2.26. The molecule has 0 saturated carbocycles. The van der Waals surface area contributed by atoms with Crippen LogP contribution in [0.3, 0.4) is 0 Å². The Morgan fingerprint density at radius 1 is 1.15 bits per heavy atom. The van der Waals surface area contributed by atoms with E-state index in [1.165, 1.54) is 36.3 Å². The van der Waals surface area contributed by atoms with Crippen molar-refractivity contribution in [3.05, 3.63) is 15.6 Å². The zero-order valence-electron chi connectivity index (χ0n) is 13.8. The minimum absolute atomic E-state index is 0.228. The predicted molar refractivity (Wildman–Crippen MR) is 90.4 cm³/mol. The molecule has 1 heterocycles. The number of unbranched alkanes of at least 4 members (excludes halogenated alkanes) is 3. The van der Waals surface area contributed by atoms with Crippen LogP contribution in [0.25, 0.3) is 0 Å². The maximum absolute atomic E-state index is 7.85. The van der Waals surface area contributed by atoms with Crippen LogP contribution in [0.1, 0.15) is 88.7 Å². The summed E-state index contributed by atoms with van der Waals surface area (Å²) in [7, 11) is 0. The van der Waals surface area contributed by atoms with Gasteiger partial charge in [0.25, 0.3) is 0 Å². The summed E-state index contributed by atoms with van der Waals surface area (Å²) in [6.07, 6.45) is 8.47. The van der Waals surface area contributed by atoms with Crippen LogP contribution in [0.4, 0.5) is 0 Å². The lowest BCUT2D eigenvalue weighted by Crippen LogP contribution is -2.19. The molecule has 0 saturated heterocycles. The first-order valence-corrected chi connectivity index (χ1v) is 8.85. The second-order valence-electron chi connectivity index (χ2n) is 6.00. The van der Waals surface area contributed by atoms with E-state index < -0.39 is 0 Å². The fraction of sp³-hybridized carbons (Fsp3) is 0.765. The van der Waals surface area contributed by atoms with Crippen LogP contribution in [-0.2, 0) is 11.8 Å². The highest BCUT2D eigenvalue weighted by Crippen LogP contribution is 2.38. The quantitative estimate of drug-likeness (QED) is 0.458.